The van der Waals surface area contributed by atoms with Crippen molar-refractivity contribution in [1.82, 2.24) is 0 Å². The normalized spacial score (nSPS) is 66.2. The second-order valence-electron chi connectivity index (χ2n) is 1.09. The van der Waals surface area contributed by atoms with Gasteiger partial charge in [0.1, 0.15) is 0 Å². The zero-order valence-corrected chi connectivity index (χ0v) is 4.97. The highest BCUT2D eigenvalue weighted by Gasteiger charge is 2.50. The Bertz CT molecular complexity index is 150. The lowest BCUT2D eigenvalue weighted by Gasteiger charge is -1.73. The third-order valence-electron chi connectivity index (χ3n) is 0.647. The van der Waals surface area contributed by atoms with E-state index in [1.807, 2.05) is 0 Å². The lowest BCUT2D eigenvalue weighted by molar-refractivity contribution is 0.326. The summed E-state index contributed by atoms with van der Waals surface area (Å²) in [5, 5.41) is 8.71. The Labute approximate surface area is 33.0 Å². The van der Waals surface area contributed by atoms with Gasteiger partial charge in [-0.3, -0.25) is 0 Å². The molecule has 0 aromatic rings. The molecule has 1 N–H and O–H groups in total. The van der Waals surface area contributed by atoms with E-state index >= 15 is 0 Å². The number of hydrogen-bond acceptors (Lipinski definition) is 1. The zero-order chi connectivity index (χ0) is 3.49. The van der Waals surface area contributed by atoms with Crippen molar-refractivity contribution in [3.05, 3.63) is 0 Å². The van der Waals surface area contributed by atoms with Crippen molar-refractivity contribution < 1.29 is 5.11 Å². The lowest BCUT2D eigenvalue weighted by atomic mass is 11.6. The molecule has 2 rings (SSSR count). The first-order chi connectivity index (χ1) is 2.31. The third kappa shape index (κ3) is 0.240. The molecule has 0 aromatic carbocycles. The van der Waals surface area contributed by atoms with E-state index in [-0.39, 0.29) is 11.3 Å². The summed E-state index contributed by atoms with van der Waals surface area (Å²) in [7, 11) is 2.70. The molecule has 2 aliphatic heterocycles. The minimum absolute atomic E-state index is 0.0741. The highest BCUT2D eigenvalue weighted by Crippen LogP contribution is 2.91. The molecule has 2 aliphatic rings. The van der Waals surface area contributed by atoms with Crippen LogP contribution in [0.1, 0.15) is 0 Å². The van der Waals surface area contributed by atoms with Crippen molar-refractivity contribution in [3.8, 4) is 0 Å². The number of aliphatic hydroxyl groups is 1. The Balaban J connectivity index is 2.76. The minimum Gasteiger partial charge on any atom is -0.366 e. The molecule has 0 aromatic heterocycles. The highest BCUT2D eigenvalue weighted by atomic mass is 32.1. The molecule has 1 nitrogen and oxygen atoms in total. The van der Waals surface area contributed by atoms with Crippen molar-refractivity contribution in [2.45, 2.75) is 4.82 Å². The maximum Gasteiger partial charge on any atom is 0.201 e. The van der Waals surface area contributed by atoms with Gasteiger partial charge in [-0.1, -0.05) is 0 Å². The van der Waals surface area contributed by atoms with Crippen LogP contribution in [-0.4, -0.2) is 9.93 Å². The van der Waals surface area contributed by atoms with E-state index in [4.69, 9.17) is 5.11 Å². The van der Waals surface area contributed by atoms with Crippen LogP contribution in [0.15, 0.2) is 0 Å². The summed E-state index contributed by atoms with van der Waals surface area (Å²) in [5.41, 5.74) is 0. The van der Waals surface area contributed by atoms with Crippen LogP contribution in [0.3, 0.4) is 0 Å². The predicted molar refractivity (Wildman–Crippen MR) is 25.7 cm³/mol. The van der Waals surface area contributed by atoms with E-state index < -0.39 is 0 Å². The van der Waals surface area contributed by atoms with Crippen LogP contribution in [0.25, 0.3) is 0 Å². The summed E-state index contributed by atoms with van der Waals surface area (Å²) in [4.78, 5) is -0.0741. The van der Waals surface area contributed by atoms with Gasteiger partial charge >= 0.3 is 0 Å². The first-order valence-corrected chi connectivity index (χ1v) is 5.84. The van der Waals surface area contributed by atoms with Gasteiger partial charge in [-0.25, -0.2) is 0 Å². The molecule has 0 saturated carbocycles. The summed E-state index contributed by atoms with van der Waals surface area (Å²) < 4.78 is 0. The van der Waals surface area contributed by atoms with Gasteiger partial charge in [-0.05, 0) is 22.2 Å². The van der Waals surface area contributed by atoms with Crippen molar-refractivity contribution in [3.63, 3.8) is 0 Å². The smallest absolute Gasteiger partial charge is 0.201 e. The number of hydrogen-bond donors (Lipinski definition) is 1. The van der Waals surface area contributed by atoms with E-state index in [2.05, 4.69) is 0 Å². The van der Waals surface area contributed by atoms with E-state index in [9.17, 15) is 0 Å². The van der Waals surface area contributed by atoms with Crippen molar-refractivity contribution in [1.29, 1.82) is 0 Å². The maximum absolute atomic E-state index is 8.71. The lowest BCUT2D eigenvalue weighted by Crippen LogP contribution is -1.75. The molecule has 2 heterocycles. The van der Waals surface area contributed by atoms with Gasteiger partial charge in [-0.2, -0.15) is 0 Å². The van der Waals surface area contributed by atoms with E-state index in [1.54, 1.807) is 0 Å². The molecule has 5 heavy (non-hydrogen) atoms. The number of fused-ring (bicyclic) bond motifs is 1. The van der Waals surface area contributed by atoms with Crippen LogP contribution in [0.2, 0.25) is 0 Å². The quantitative estimate of drug-likeness (QED) is 0.485. The highest BCUT2D eigenvalue weighted by molar-refractivity contribution is 8.45. The second-order valence-corrected chi connectivity index (χ2v) is 9.61. The Kier molecular flexibility index (Phi) is 0.303. The average Bonchev–Trinajstić information content (AvgIpc) is 1.74. The molecule has 0 unspecified atom stereocenters. The topological polar surface area (TPSA) is 20.2 Å². The van der Waals surface area contributed by atoms with Gasteiger partial charge in [-0.15, -0.1) is 0 Å². The molecule has 26 valence electrons. The van der Waals surface area contributed by atoms with Crippen LogP contribution < -0.4 is 0 Å². The standard InChI is InChI=1S/CHOP3/c2-1-3-5(1)4-1/h2H. The SMILES string of the molecule is OC12P=P1=P2. The van der Waals surface area contributed by atoms with E-state index in [1.165, 1.54) is 15.7 Å². The van der Waals surface area contributed by atoms with Crippen molar-refractivity contribution >= 4 is 22.2 Å². The van der Waals surface area contributed by atoms with Gasteiger partial charge in [0.25, 0.3) is 0 Å². The van der Waals surface area contributed by atoms with E-state index in [0.29, 0.717) is 0 Å². The van der Waals surface area contributed by atoms with Gasteiger partial charge in [0.05, 0.1) is 0 Å². The average molecular weight is 122 g/mol. The van der Waals surface area contributed by atoms with Gasteiger partial charge in [0, 0.05) is 0 Å². The summed E-state index contributed by atoms with van der Waals surface area (Å²) in [6, 6.07) is 0. The molecule has 0 spiro atoms. The molecule has 0 bridgehead atoms. The molecule has 0 aliphatic carbocycles. The van der Waals surface area contributed by atoms with Crippen LogP contribution in [0.4, 0.5) is 0 Å². The number of rotatable bonds is 0. The van der Waals surface area contributed by atoms with Crippen LogP contribution in [0.5, 0.6) is 0 Å². The Morgan fingerprint density at radius 1 is 1.60 bits per heavy atom. The molecule has 0 radical (unpaired) electrons. The molecule has 0 fully saturated rings. The Hall–Kier alpha value is 0.860. The Morgan fingerprint density at radius 3 is 1.80 bits per heavy atom. The first-order valence-electron chi connectivity index (χ1n) is 1.29. The summed E-state index contributed by atoms with van der Waals surface area (Å²) >= 11 is 0. The van der Waals surface area contributed by atoms with Crippen LogP contribution in [-0.2, 0) is 0 Å². The molecule has 0 amide bonds. The molecular weight excluding hydrogens is 121 g/mol. The van der Waals surface area contributed by atoms with Gasteiger partial charge in [0.15, 0.2) is 0 Å². The monoisotopic (exact) mass is 122 g/mol. The minimum atomic E-state index is -0.0741. The fourth-order valence-corrected chi connectivity index (χ4v) is 7.14. The van der Waals surface area contributed by atoms with E-state index in [0.717, 1.165) is 0 Å². The summed E-state index contributed by atoms with van der Waals surface area (Å²) in [5.74, 6) is 0. The second kappa shape index (κ2) is 0.515. The largest absolute Gasteiger partial charge is 0.366 e. The fourth-order valence-electron chi connectivity index (χ4n) is 0.214. The third-order valence-corrected chi connectivity index (χ3v) is 10.7. The maximum atomic E-state index is 8.71. The Morgan fingerprint density at radius 2 is 1.80 bits per heavy atom. The summed E-state index contributed by atoms with van der Waals surface area (Å²) in [6.07, 6.45) is 0. The molecule has 0 saturated heterocycles. The molecule has 4 heteroatoms. The van der Waals surface area contributed by atoms with Crippen LogP contribution >= 0.6 is 22.2 Å². The van der Waals surface area contributed by atoms with Gasteiger partial charge in [0.2, 0.25) is 4.82 Å². The first kappa shape index (κ1) is 2.94. The fraction of sp³-hybridized carbons (Fsp3) is 1.00. The molecular formula is CHOP3. The van der Waals surface area contributed by atoms with Crippen LogP contribution in [0, 0.1) is 0 Å². The predicted octanol–water partition coefficient (Wildman–Crippen LogP) is 1.82. The van der Waals surface area contributed by atoms with Crippen molar-refractivity contribution in [2.24, 2.45) is 0 Å². The molecule has 0 atom stereocenters. The summed E-state index contributed by atoms with van der Waals surface area (Å²) in [6.45, 7) is 0.214. The van der Waals surface area contributed by atoms with Gasteiger partial charge < -0.3 is 5.11 Å². The zero-order valence-electron chi connectivity index (χ0n) is 2.29. The van der Waals surface area contributed by atoms with Crippen molar-refractivity contribution in [2.75, 3.05) is 0 Å².